The van der Waals surface area contributed by atoms with Crippen LogP contribution in [0.1, 0.15) is 118 Å². The Morgan fingerprint density at radius 1 is 0.937 bits per heavy atom. The fourth-order valence-corrected chi connectivity index (χ4v) is 10.5. The zero-order chi connectivity index (χ0) is 44.6. The zero-order valence-electron chi connectivity index (χ0n) is 36.1. The molecule has 0 radical (unpaired) electrons. The number of rotatable bonds is 15. The topological polar surface area (TPSA) is 182 Å². The first-order valence-corrected chi connectivity index (χ1v) is 22.7. The maximum atomic E-state index is 14.1. The van der Waals surface area contributed by atoms with Crippen molar-refractivity contribution in [1.29, 1.82) is 5.26 Å². The maximum Gasteiger partial charge on any atom is 0.263 e. The van der Waals surface area contributed by atoms with Gasteiger partial charge in [-0.15, -0.1) is 11.8 Å². The number of anilines is 1. The van der Waals surface area contributed by atoms with Crippen LogP contribution in [0.15, 0.2) is 53.4 Å². The van der Waals surface area contributed by atoms with E-state index in [-0.39, 0.29) is 42.6 Å². The fourth-order valence-electron chi connectivity index (χ4n) is 9.46. The number of nitrogens with one attached hydrogen (secondary N) is 2. The lowest BCUT2D eigenvalue weighted by Gasteiger charge is -2.40. The number of imide groups is 2. The second kappa shape index (κ2) is 18.1. The molecule has 15 heteroatoms. The van der Waals surface area contributed by atoms with Crippen LogP contribution in [0, 0.1) is 11.3 Å². The molecule has 2 N–H and O–H groups in total. The number of H-pyrrole nitrogens is 1. The molecule has 3 aliphatic heterocycles. The van der Waals surface area contributed by atoms with E-state index < -0.39 is 35.1 Å². The highest BCUT2D eigenvalue weighted by molar-refractivity contribution is 7.99. The van der Waals surface area contributed by atoms with Crippen LogP contribution < -0.4 is 10.2 Å². The predicted octanol–water partition coefficient (Wildman–Crippen LogP) is 5.91. The summed E-state index contributed by atoms with van der Waals surface area (Å²) < 4.78 is 11.5. The maximum absolute atomic E-state index is 14.1. The van der Waals surface area contributed by atoms with Gasteiger partial charge in [0.05, 0.1) is 54.6 Å². The van der Waals surface area contributed by atoms with Gasteiger partial charge in [0.25, 0.3) is 11.8 Å². The Kier molecular flexibility index (Phi) is 12.6. The number of aromatic amines is 1. The average molecular weight is 873 g/mol. The number of hydrogen-bond acceptors (Lipinski definition) is 11. The summed E-state index contributed by atoms with van der Waals surface area (Å²) in [6.45, 7) is 9.49. The summed E-state index contributed by atoms with van der Waals surface area (Å²) in [7, 11) is 1.87. The summed E-state index contributed by atoms with van der Waals surface area (Å²) in [5, 5.41) is 12.5. The third kappa shape index (κ3) is 8.27. The summed E-state index contributed by atoms with van der Waals surface area (Å²) in [5.41, 5.74) is 6.99. The van der Waals surface area contributed by atoms with E-state index in [1.54, 1.807) is 24.3 Å². The summed E-state index contributed by atoms with van der Waals surface area (Å²) >= 11 is 1.45. The van der Waals surface area contributed by atoms with Crippen LogP contribution >= 0.6 is 11.8 Å². The Balaban J connectivity index is 0.754. The molecule has 63 heavy (non-hydrogen) atoms. The minimum absolute atomic E-state index is 0.00899. The van der Waals surface area contributed by atoms with Gasteiger partial charge >= 0.3 is 0 Å². The second-order valence-electron chi connectivity index (χ2n) is 17.1. The van der Waals surface area contributed by atoms with Gasteiger partial charge < -0.3 is 24.3 Å². The number of ether oxygens (including phenoxy) is 2. The molecule has 1 unspecified atom stereocenters. The van der Waals surface area contributed by atoms with Gasteiger partial charge in [0, 0.05) is 83.1 Å². The molecule has 8 rings (SSSR count). The number of thioether (sulfide) groups is 1. The number of carbonyl (C=O) groups is 6. The van der Waals surface area contributed by atoms with Crippen molar-refractivity contribution in [2.24, 2.45) is 0 Å². The number of piperidine rings is 2. The highest BCUT2D eigenvalue weighted by Gasteiger charge is 2.46. The molecule has 4 aromatic rings. The Morgan fingerprint density at radius 2 is 1.70 bits per heavy atom. The number of amides is 5. The molecule has 328 valence electrons. The lowest BCUT2D eigenvalue weighted by Crippen LogP contribution is -2.54. The smallest absolute Gasteiger partial charge is 0.263 e. The molecule has 1 atom stereocenters. The summed E-state index contributed by atoms with van der Waals surface area (Å²) in [4.78, 5) is 87.1. The van der Waals surface area contributed by atoms with Gasteiger partial charge in [0.1, 0.15) is 6.04 Å². The van der Waals surface area contributed by atoms with Gasteiger partial charge in [-0.1, -0.05) is 32.9 Å². The van der Waals surface area contributed by atoms with Gasteiger partial charge in [-0.25, -0.2) is 0 Å². The van der Waals surface area contributed by atoms with Gasteiger partial charge in [-0.05, 0) is 79.6 Å². The van der Waals surface area contributed by atoms with Crippen molar-refractivity contribution in [3.05, 3.63) is 93.2 Å². The minimum atomic E-state index is -1.00. The van der Waals surface area contributed by atoms with E-state index in [9.17, 15) is 34.0 Å². The number of nitriles is 1. The van der Waals surface area contributed by atoms with Crippen molar-refractivity contribution in [3.63, 3.8) is 0 Å². The first-order chi connectivity index (χ1) is 30.3. The Morgan fingerprint density at radius 3 is 2.43 bits per heavy atom. The monoisotopic (exact) mass is 872 g/mol. The zero-order valence-corrected chi connectivity index (χ0v) is 37.0. The molecule has 5 amide bonds. The Labute approximate surface area is 370 Å². The third-order valence-electron chi connectivity index (χ3n) is 13.0. The fraction of sp³-hybridized carbons (Fsp3) is 0.438. The molecule has 0 bridgehead atoms. The minimum Gasteiger partial charge on any atom is -0.379 e. The third-order valence-corrected chi connectivity index (χ3v) is 14.1. The molecule has 3 aromatic carbocycles. The standard InChI is InChI=1S/C48H52N6O8S/c1-5-29-25-33-34(48(2,3)44-42(43(33)57)31-11-10-28(27-49)24-35(31)50-44)26-37(29)53-17-14-30(15-18-53)52(4)40(56)16-20-62-22-21-61-19-7-23-63-38-9-6-8-32-41(38)47(60)54(46(32)59)36-12-13-39(55)51-45(36)58/h6,8-11,24-26,30,36,50H,5,7,12-23H2,1-4H3,(H,51,55,58). The molecule has 0 saturated carbocycles. The number of ketones is 1. The lowest BCUT2D eigenvalue weighted by molar-refractivity contribution is -0.136. The van der Waals surface area contributed by atoms with Crippen LogP contribution in [0.2, 0.25) is 0 Å². The number of nitrogens with zero attached hydrogens (tertiary/aromatic N) is 4. The first kappa shape index (κ1) is 43.8. The number of fused-ring (bicyclic) bond motifs is 5. The van der Waals surface area contributed by atoms with E-state index >= 15 is 0 Å². The van der Waals surface area contributed by atoms with Crippen LogP contribution in [0.5, 0.6) is 0 Å². The van der Waals surface area contributed by atoms with Crippen LogP contribution in [0.25, 0.3) is 10.9 Å². The molecule has 4 aliphatic rings. The highest BCUT2D eigenvalue weighted by Crippen LogP contribution is 2.46. The second-order valence-corrected chi connectivity index (χ2v) is 18.2. The Bertz CT molecular complexity index is 2570. The van der Waals surface area contributed by atoms with E-state index in [0.29, 0.717) is 60.2 Å². The number of benzene rings is 3. The van der Waals surface area contributed by atoms with Gasteiger partial charge in [0.2, 0.25) is 17.7 Å². The molecule has 4 heterocycles. The lowest BCUT2D eigenvalue weighted by atomic mass is 9.70. The molecule has 0 spiro atoms. The highest BCUT2D eigenvalue weighted by atomic mass is 32.2. The quantitative estimate of drug-likeness (QED) is 0.0824. The van der Waals surface area contributed by atoms with Crippen molar-refractivity contribution in [2.75, 3.05) is 57.2 Å². The molecule has 1 aliphatic carbocycles. The van der Waals surface area contributed by atoms with Crippen molar-refractivity contribution in [1.82, 2.24) is 20.1 Å². The normalized spacial score (nSPS) is 18.3. The molecular weight excluding hydrogens is 821 g/mol. The van der Waals surface area contributed by atoms with E-state index in [1.807, 2.05) is 24.1 Å². The van der Waals surface area contributed by atoms with Crippen molar-refractivity contribution in [3.8, 4) is 6.07 Å². The van der Waals surface area contributed by atoms with Crippen LogP contribution in [-0.4, -0.2) is 115 Å². The number of carbonyl (C=O) groups excluding carboxylic acids is 6. The van der Waals surface area contributed by atoms with E-state index in [0.717, 1.165) is 76.2 Å². The Hall–Kier alpha value is -5.82. The number of hydrogen-bond donors (Lipinski definition) is 2. The first-order valence-electron chi connectivity index (χ1n) is 21.8. The van der Waals surface area contributed by atoms with Gasteiger partial charge in [-0.3, -0.25) is 39.0 Å². The van der Waals surface area contributed by atoms with Gasteiger partial charge in [0.15, 0.2) is 5.78 Å². The van der Waals surface area contributed by atoms with Crippen LogP contribution in [0.3, 0.4) is 0 Å². The summed E-state index contributed by atoms with van der Waals surface area (Å²) in [6, 6.07) is 16.1. The SMILES string of the molecule is CCc1cc2c(cc1N1CCC(N(C)C(=O)CCOCCOCCCSc3cccc4c3C(=O)N(C3CCC(=O)NC3=O)C4=O)CC1)C(C)(C)c1[nH]c3cc(C#N)ccc3c1C2=O. The molecule has 2 saturated heterocycles. The van der Waals surface area contributed by atoms with E-state index in [4.69, 9.17) is 9.47 Å². The number of aromatic nitrogens is 1. The predicted molar refractivity (Wildman–Crippen MR) is 237 cm³/mol. The van der Waals surface area contributed by atoms with E-state index in [2.05, 4.69) is 54.2 Å². The largest absolute Gasteiger partial charge is 0.379 e. The molecule has 2 fully saturated rings. The van der Waals surface area contributed by atoms with E-state index in [1.165, 1.54) is 11.8 Å². The van der Waals surface area contributed by atoms with Crippen molar-refractivity contribution < 1.29 is 38.2 Å². The molecule has 14 nitrogen and oxygen atoms in total. The van der Waals surface area contributed by atoms with Gasteiger partial charge in [-0.2, -0.15) is 5.26 Å². The number of aryl methyl sites for hydroxylation is 1. The molecular formula is C48H52N6O8S. The van der Waals surface area contributed by atoms with Crippen molar-refractivity contribution in [2.45, 2.75) is 88.1 Å². The van der Waals surface area contributed by atoms with Crippen LogP contribution in [0.4, 0.5) is 5.69 Å². The van der Waals surface area contributed by atoms with Crippen LogP contribution in [-0.2, 0) is 35.7 Å². The summed E-state index contributed by atoms with van der Waals surface area (Å²) in [5.74, 6) is -1.39. The average Bonchev–Trinajstić information content (AvgIpc) is 3.80. The van der Waals surface area contributed by atoms with Crippen molar-refractivity contribution >= 4 is 63.7 Å². The summed E-state index contributed by atoms with van der Waals surface area (Å²) in [6.07, 6.45) is 3.58. The molecule has 1 aromatic heterocycles.